The molecule has 1 aromatic heterocycles. The molecule has 0 spiro atoms. The molecule has 0 fully saturated rings. The van der Waals surface area contributed by atoms with Crippen molar-refractivity contribution >= 4 is 38.9 Å². The summed E-state index contributed by atoms with van der Waals surface area (Å²) in [7, 11) is 0. The molecule has 0 N–H and O–H groups in total. The van der Waals surface area contributed by atoms with Crippen molar-refractivity contribution in [3.05, 3.63) is 231 Å². The summed E-state index contributed by atoms with van der Waals surface area (Å²) in [6.45, 7) is 0. The summed E-state index contributed by atoms with van der Waals surface area (Å²) in [5.74, 6) is 0. The Labute approximate surface area is 327 Å². The summed E-state index contributed by atoms with van der Waals surface area (Å²) in [5.41, 5.74) is 16.4. The molecule has 0 aliphatic rings. The number of hydrogen-bond acceptors (Lipinski definition) is 1. The van der Waals surface area contributed by atoms with E-state index in [0.717, 1.165) is 22.7 Å². The monoisotopic (exact) mass is 714 g/mol. The van der Waals surface area contributed by atoms with Gasteiger partial charge in [0.2, 0.25) is 0 Å². The Balaban J connectivity index is 1.02. The largest absolute Gasteiger partial charge is 0.310 e. The molecule has 10 rings (SSSR count). The van der Waals surface area contributed by atoms with E-state index in [9.17, 15) is 0 Å². The lowest BCUT2D eigenvalue weighted by atomic mass is 9.94. The van der Waals surface area contributed by atoms with Gasteiger partial charge in [-0.25, -0.2) is 0 Å². The van der Waals surface area contributed by atoms with Crippen LogP contribution in [0.25, 0.3) is 72.0 Å². The third-order valence-electron chi connectivity index (χ3n) is 10.8. The van der Waals surface area contributed by atoms with Gasteiger partial charge in [-0.15, -0.1) is 0 Å². The zero-order valence-corrected chi connectivity index (χ0v) is 30.8. The van der Waals surface area contributed by atoms with Crippen LogP contribution in [-0.4, -0.2) is 4.57 Å². The van der Waals surface area contributed by atoms with Gasteiger partial charge in [0.1, 0.15) is 0 Å². The van der Waals surface area contributed by atoms with Gasteiger partial charge in [-0.05, 0) is 93.5 Å². The van der Waals surface area contributed by atoms with Gasteiger partial charge in [0, 0.05) is 33.4 Å². The molecule has 0 saturated carbocycles. The standard InChI is InChI=1S/C54H38N2/c1-3-15-39(16-4-1)40-27-33-44(34-28-40)55(52-24-12-9-21-49(52)41-17-5-2-6-18-41)45-35-29-42(30-36-45)47-19-7-8-20-48(47)43-31-37-46(38-32-43)56-53-25-13-10-22-50(53)51-23-11-14-26-54(51)56/h1-38H. The van der Waals surface area contributed by atoms with Gasteiger partial charge >= 0.3 is 0 Å². The fourth-order valence-electron chi connectivity index (χ4n) is 8.16. The molecule has 0 radical (unpaired) electrons. The first-order valence-electron chi connectivity index (χ1n) is 19.2. The number of nitrogens with zero attached hydrogens (tertiary/aromatic N) is 2. The Hall–Kier alpha value is -7.42. The van der Waals surface area contributed by atoms with Crippen LogP contribution in [0.2, 0.25) is 0 Å². The predicted molar refractivity (Wildman–Crippen MR) is 237 cm³/mol. The van der Waals surface area contributed by atoms with Crippen molar-refractivity contribution < 1.29 is 0 Å². The fourth-order valence-corrected chi connectivity index (χ4v) is 8.16. The maximum atomic E-state index is 2.38. The van der Waals surface area contributed by atoms with Crippen molar-refractivity contribution in [2.45, 2.75) is 0 Å². The van der Waals surface area contributed by atoms with Gasteiger partial charge in [-0.3, -0.25) is 0 Å². The lowest BCUT2D eigenvalue weighted by Crippen LogP contribution is -2.11. The predicted octanol–water partition coefficient (Wildman–Crippen LogP) is 14.9. The number of benzene rings is 9. The summed E-state index contributed by atoms with van der Waals surface area (Å²) in [4.78, 5) is 2.38. The van der Waals surface area contributed by atoms with Crippen LogP contribution in [0.1, 0.15) is 0 Å². The van der Waals surface area contributed by atoms with Crippen LogP contribution in [0.15, 0.2) is 231 Å². The van der Waals surface area contributed by atoms with Crippen LogP contribution in [0, 0.1) is 0 Å². The van der Waals surface area contributed by atoms with E-state index < -0.39 is 0 Å². The van der Waals surface area contributed by atoms with E-state index in [-0.39, 0.29) is 0 Å². The minimum absolute atomic E-state index is 1.10. The first-order chi connectivity index (χ1) is 27.8. The van der Waals surface area contributed by atoms with E-state index in [4.69, 9.17) is 0 Å². The molecule has 0 amide bonds. The third kappa shape index (κ3) is 6.04. The molecular weight excluding hydrogens is 677 g/mol. The van der Waals surface area contributed by atoms with Crippen molar-refractivity contribution in [1.29, 1.82) is 0 Å². The van der Waals surface area contributed by atoms with Crippen LogP contribution in [-0.2, 0) is 0 Å². The Morgan fingerprint density at radius 1 is 0.268 bits per heavy atom. The van der Waals surface area contributed by atoms with Gasteiger partial charge in [0.15, 0.2) is 0 Å². The highest BCUT2D eigenvalue weighted by molar-refractivity contribution is 6.09. The Morgan fingerprint density at radius 3 is 1.20 bits per heavy atom. The average Bonchev–Trinajstić information content (AvgIpc) is 3.62. The highest BCUT2D eigenvalue weighted by Gasteiger charge is 2.18. The van der Waals surface area contributed by atoms with Crippen LogP contribution in [0.5, 0.6) is 0 Å². The molecule has 264 valence electrons. The topological polar surface area (TPSA) is 8.17 Å². The smallest absolute Gasteiger partial charge is 0.0541 e. The molecule has 0 aliphatic heterocycles. The highest BCUT2D eigenvalue weighted by Crippen LogP contribution is 2.42. The molecule has 56 heavy (non-hydrogen) atoms. The lowest BCUT2D eigenvalue weighted by molar-refractivity contribution is 1.18. The van der Waals surface area contributed by atoms with Crippen molar-refractivity contribution in [2.24, 2.45) is 0 Å². The highest BCUT2D eigenvalue weighted by atomic mass is 15.1. The molecular formula is C54H38N2. The van der Waals surface area contributed by atoms with Gasteiger partial charge in [-0.1, -0.05) is 176 Å². The molecule has 0 atom stereocenters. The number of hydrogen-bond donors (Lipinski definition) is 0. The lowest BCUT2D eigenvalue weighted by Gasteiger charge is -2.28. The Morgan fingerprint density at radius 2 is 0.643 bits per heavy atom. The second-order valence-corrected chi connectivity index (χ2v) is 14.1. The minimum Gasteiger partial charge on any atom is -0.310 e. The van der Waals surface area contributed by atoms with Crippen LogP contribution in [0.3, 0.4) is 0 Å². The van der Waals surface area contributed by atoms with Crippen molar-refractivity contribution in [1.82, 2.24) is 4.57 Å². The van der Waals surface area contributed by atoms with E-state index >= 15 is 0 Å². The van der Waals surface area contributed by atoms with E-state index in [1.54, 1.807) is 0 Å². The van der Waals surface area contributed by atoms with E-state index in [0.29, 0.717) is 0 Å². The fraction of sp³-hybridized carbons (Fsp3) is 0. The van der Waals surface area contributed by atoms with Gasteiger partial charge in [-0.2, -0.15) is 0 Å². The van der Waals surface area contributed by atoms with Crippen molar-refractivity contribution in [3.63, 3.8) is 0 Å². The van der Waals surface area contributed by atoms with Gasteiger partial charge in [0.05, 0.1) is 16.7 Å². The summed E-state index contributed by atoms with van der Waals surface area (Å²) < 4.78 is 2.37. The van der Waals surface area contributed by atoms with Gasteiger partial charge in [0.25, 0.3) is 0 Å². The molecule has 10 aromatic rings. The molecule has 0 unspecified atom stereocenters. The maximum absolute atomic E-state index is 2.38. The van der Waals surface area contributed by atoms with E-state index in [1.807, 2.05) is 0 Å². The maximum Gasteiger partial charge on any atom is 0.0541 e. The minimum atomic E-state index is 1.10. The first kappa shape index (κ1) is 33.2. The molecule has 9 aromatic carbocycles. The second-order valence-electron chi connectivity index (χ2n) is 14.1. The molecule has 1 heterocycles. The Bertz CT molecular complexity index is 2870. The quantitative estimate of drug-likeness (QED) is 0.152. The molecule has 2 nitrogen and oxygen atoms in total. The van der Waals surface area contributed by atoms with Crippen LogP contribution < -0.4 is 4.90 Å². The second kappa shape index (κ2) is 14.4. The molecule has 2 heteroatoms. The Kier molecular flexibility index (Phi) is 8.55. The summed E-state index contributed by atoms with van der Waals surface area (Å²) in [6.07, 6.45) is 0. The van der Waals surface area contributed by atoms with Crippen LogP contribution in [0.4, 0.5) is 17.1 Å². The summed E-state index contributed by atoms with van der Waals surface area (Å²) >= 11 is 0. The third-order valence-corrected chi connectivity index (χ3v) is 10.8. The zero-order valence-electron chi connectivity index (χ0n) is 30.8. The average molecular weight is 715 g/mol. The normalized spacial score (nSPS) is 11.2. The number of rotatable bonds is 8. The zero-order chi connectivity index (χ0) is 37.3. The molecule has 0 aliphatic carbocycles. The number of fused-ring (bicyclic) bond motifs is 3. The summed E-state index contributed by atoms with van der Waals surface area (Å²) in [5, 5.41) is 2.54. The number of anilines is 3. The van der Waals surface area contributed by atoms with Crippen LogP contribution >= 0.6 is 0 Å². The van der Waals surface area contributed by atoms with E-state index in [1.165, 1.54) is 66.3 Å². The SMILES string of the molecule is c1ccc(-c2ccc(N(c3ccc(-c4ccccc4-c4ccc(-n5c6ccccc6c6ccccc65)cc4)cc3)c3ccccc3-c3ccccc3)cc2)cc1. The number of aromatic nitrogens is 1. The van der Waals surface area contributed by atoms with Crippen molar-refractivity contribution in [2.75, 3.05) is 4.90 Å². The molecule has 0 bridgehead atoms. The first-order valence-corrected chi connectivity index (χ1v) is 19.2. The van der Waals surface area contributed by atoms with Gasteiger partial charge < -0.3 is 9.47 Å². The number of para-hydroxylation sites is 3. The van der Waals surface area contributed by atoms with E-state index in [2.05, 4.69) is 240 Å². The summed E-state index contributed by atoms with van der Waals surface area (Å²) in [6, 6.07) is 82.9. The van der Waals surface area contributed by atoms with Crippen molar-refractivity contribution in [3.8, 4) is 50.2 Å². The molecule has 0 saturated heterocycles.